The zero-order chi connectivity index (χ0) is 11.9. The summed E-state index contributed by atoms with van der Waals surface area (Å²) in [5.41, 5.74) is 0. The fourth-order valence-corrected chi connectivity index (χ4v) is 1.64. The second kappa shape index (κ2) is 7.92. The van der Waals surface area contributed by atoms with Gasteiger partial charge in [0.05, 0.1) is 0 Å². The molecule has 0 spiro atoms. The Morgan fingerprint density at radius 2 is 1.50 bits per heavy atom. The number of hydrogen-bond acceptors (Lipinski definition) is 3. The lowest BCUT2D eigenvalue weighted by Gasteiger charge is -2.11. The first-order valence-corrected chi connectivity index (χ1v) is 6.60. The first-order chi connectivity index (χ1) is 6.81. The molecule has 4 N–H and O–H groups in total. The van der Waals surface area contributed by atoms with Crippen molar-refractivity contribution in [2.45, 2.75) is 57.1 Å². The lowest BCUT2D eigenvalue weighted by atomic mass is 10.1. The largest absolute Gasteiger partial charge is 0.370 e. The molecule has 0 amide bonds. The van der Waals surface area contributed by atoms with Crippen molar-refractivity contribution in [1.29, 1.82) is 0 Å². The molecule has 0 aromatic heterocycles. The molecule has 4 nitrogen and oxygen atoms in total. The van der Waals surface area contributed by atoms with Gasteiger partial charge in [0.25, 0.3) is 0 Å². The van der Waals surface area contributed by atoms with Crippen molar-refractivity contribution in [1.82, 2.24) is 6.15 Å². The molecule has 0 aliphatic carbocycles. The second-order valence-electron chi connectivity index (χ2n) is 3.63. The lowest BCUT2D eigenvalue weighted by molar-refractivity contribution is 0.0683. The third kappa shape index (κ3) is 7.08. The van der Waals surface area contributed by atoms with E-state index in [0.717, 1.165) is 25.7 Å². The van der Waals surface area contributed by atoms with Crippen LogP contribution in [0.25, 0.3) is 0 Å². The van der Waals surface area contributed by atoms with E-state index >= 15 is 0 Å². The van der Waals surface area contributed by atoms with E-state index in [-0.39, 0.29) is 12.6 Å². The normalized spacial score (nSPS) is 12.2. The molecule has 0 atom stereocenters. The highest BCUT2D eigenvalue weighted by atomic mass is 32.2. The SMILES string of the molecule is CCCCCCCCC(F)(F)S(=O)(=O)O.N. The molecule has 0 saturated carbocycles. The molecule has 0 aliphatic heterocycles. The van der Waals surface area contributed by atoms with E-state index in [1.54, 1.807) is 0 Å². The zero-order valence-electron chi connectivity index (χ0n) is 9.58. The smallest absolute Gasteiger partial charge is 0.344 e. The van der Waals surface area contributed by atoms with Gasteiger partial charge in [0, 0.05) is 6.42 Å². The topological polar surface area (TPSA) is 89.4 Å². The summed E-state index contributed by atoms with van der Waals surface area (Å²) < 4.78 is 54.0. The third-order valence-corrected chi connectivity index (χ3v) is 3.16. The molecule has 100 valence electrons. The van der Waals surface area contributed by atoms with Crippen molar-refractivity contribution in [3.63, 3.8) is 0 Å². The molecular formula is C9H21F2NO3S. The van der Waals surface area contributed by atoms with Gasteiger partial charge in [-0.15, -0.1) is 0 Å². The number of hydrogen-bond donors (Lipinski definition) is 2. The van der Waals surface area contributed by atoms with E-state index in [2.05, 4.69) is 0 Å². The van der Waals surface area contributed by atoms with Gasteiger partial charge in [-0.25, -0.2) is 0 Å². The molecule has 0 heterocycles. The Bertz CT molecular complexity index is 268. The summed E-state index contributed by atoms with van der Waals surface area (Å²) in [6, 6.07) is 0. The standard InChI is InChI=1S/C9H18F2O3S.H3N/c1-2-3-4-5-6-7-8-9(10,11)15(12,13)14;/h2-8H2,1H3,(H,12,13,14);1H3. The Balaban J connectivity index is 0. The summed E-state index contributed by atoms with van der Waals surface area (Å²) in [5, 5.41) is -3.99. The maximum atomic E-state index is 12.7. The number of rotatable bonds is 8. The van der Waals surface area contributed by atoms with Gasteiger partial charge in [0.2, 0.25) is 0 Å². The molecule has 16 heavy (non-hydrogen) atoms. The van der Waals surface area contributed by atoms with Crippen LogP contribution in [-0.2, 0) is 10.1 Å². The van der Waals surface area contributed by atoms with E-state index in [0.29, 0.717) is 6.42 Å². The minimum atomic E-state index is -5.23. The number of alkyl halides is 2. The van der Waals surface area contributed by atoms with Crippen LogP contribution in [0, 0.1) is 0 Å². The first-order valence-electron chi connectivity index (χ1n) is 5.16. The highest BCUT2D eigenvalue weighted by Crippen LogP contribution is 2.27. The Kier molecular flexibility index (Phi) is 8.96. The van der Waals surface area contributed by atoms with Crippen LogP contribution in [0.4, 0.5) is 8.78 Å². The predicted octanol–water partition coefficient (Wildman–Crippen LogP) is 3.38. The number of halogens is 2. The van der Waals surface area contributed by atoms with Crippen molar-refractivity contribution in [2.75, 3.05) is 0 Å². The van der Waals surface area contributed by atoms with Crippen LogP contribution in [0.3, 0.4) is 0 Å². The van der Waals surface area contributed by atoms with Crippen LogP contribution >= 0.6 is 0 Å². The molecule has 7 heteroatoms. The van der Waals surface area contributed by atoms with Crippen LogP contribution in [0.1, 0.15) is 51.9 Å². The van der Waals surface area contributed by atoms with Gasteiger partial charge in [-0.3, -0.25) is 4.55 Å². The van der Waals surface area contributed by atoms with Gasteiger partial charge in [0.15, 0.2) is 0 Å². The summed E-state index contributed by atoms with van der Waals surface area (Å²) in [6.45, 7) is 2.05. The quantitative estimate of drug-likeness (QED) is 0.517. The van der Waals surface area contributed by atoms with Crippen LogP contribution in [-0.4, -0.2) is 18.2 Å². The van der Waals surface area contributed by atoms with Crippen molar-refractivity contribution < 1.29 is 21.8 Å². The highest BCUT2D eigenvalue weighted by molar-refractivity contribution is 7.86. The molecule has 0 rings (SSSR count). The molecule has 0 aromatic rings. The molecular weight excluding hydrogens is 240 g/mol. The Morgan fingerprint density at radius 1 is 1.06 bits per heavy atom. The maximum absolute atomic E-state index is 12.7. The van der Waals surface area contributed by atoms with Gasteiger partial charge < -0.3 is 6.15 Å². The zero-order valence-corrected chi connectivity index (χ0v) is 10.4. The van der Waals surface area contributed by atoms with Gasteiger partial charge >= 0.3 is 15.4 Å². The summed E-state index contributed by atoms with van der Waals surface area (Å²) in [7, 11) is -5.23. The molecule has 0 radical (unpaired) electrons. The number of unbranched alkanes of at least 4 members (excludes halogenated alkanes) is 5. The maximum Gasteiger partial charge on any atom is 0.370 e. The van der Waals surface area contributed by atoms with E-state index in [1.807, 2.05) is 6.92 Å². The Labute approximate surface area is 95.8 Å². The molecule has 0 aliphatic rings. The minimum absolute atomic E-state index is 0. The minimum Gasteiger partial charge on any atom is -0.344 e. The van der Waals surface area contributed by atoms with Crippen LogP contribution in [0.5, 0.6) is 0 Å². The van der Waals surface area contributed by atoms with E-state index in [1.165, 1.54) is 0 Å². The van der Waals surface area contributed by atoms with Gasteiger partial charge in [-0.05, 0) is 6.42 Å². The summed E-state index contributed by atoms with van der Waals surface area (Å²) in [4.78, 5) is 0. The fraction of sp³-hybridized carbons (Fsp3) is 1.00. The van der Waals surface area contributed by atoms with Gasteiger partial charge in [-0.1, -0.05) is 39.0 Å². The molecule has 0 unspecified atom stereocenters. The summed E-state index contributed by atoms with van der Waals surface area (Å²) in [6.07, 6.45) is 3.85. The van der Waals surface area contributed by atoms with Gasteiger partial charge in [0.1, 0.15) is 0 Å². The molecule has 0 aromatic carbocycles. The molecule has 0 bridgehead atoms. The van der Waals surface area contributed by atoms with E-state index in [4.69, 9.17) is 4.55 Å². The van der Waals surface area contributed by atoms with Crippen molar-refractivity contribution in [2.24, 2.45) is 0 Å². The van der Waals surface area contributed by atoms with E-state index < -0.39 is 21.8 Å². The van der Waals surface area contributed by atoms with Crippen LogP contribution in [0.15, 0.2) is 0 Å². The average molecular weight is 261 g/mol. The second-order valence-corrected chi connectivity index (χ2v) is 5.18. The predicted molar refractivity (Wildman–Crippen MR) is 59.5 cm³/mol. The van der Waals surface area contributed by atoms with Crippen molar-refractivity contribution in [3.05, 3.63) is 0 Å². The monoisotopic (exact) mass is 261 g/mol. The Morgan fingerprint density at radius 3 is 1.94 bits per heavy atom. The lowest BCUT2D eigenvalue weighted by Crippen LogP contribution is -2.27. The first kappa shape index (κ1) is 18.1. The molecule has 0 fully saturated rings. The Hall–Kier alpha value is -0.270. The van der Waals surface area contributed by atoms with Crippen LogP contribution < -0.4 is 6.15 Å². The fourth-order valence-electron chi connectivity index (χ4n) is 1.24. The van der Waals surface area contributed by atoms with Crippen molar-refractivity contribution >= 4 is 10.1 Å². The summed E-state index contributed by atoms with van der Waals surface area (Å²) >= 11 is 0. The van der Waals surface area contributed by atoms with Crippen molar-refractivity contribution in [3.8, 4) is 0 Å². The average Bonchev–Trinajstić information content (AvgIpc) is 2.09. The summed E-state index contributed by atoms with van der Waals surface area (Å²) in [5.74, 6) is 0. The molecule has 0 saturated heterocycles. The highest BCUT2D eigenvalue weighted by Gasteiger charge is 2.42. The van der Waals surface area contributed by atoms with Crippen LogP contribution in [0.2, 0.25) is 0 Å². The van der Waals surface area contributed by atoms with Gasteiger partial charge in [-0.2, -0.15) is 17.2 Å². The third-order valence-electron chi connectivity index (χ3n) is 2.20. The van der Waals surface area contributed by atoms with E-state index in [9.17, 15) is 17.2 Å².